The number of nitrogens with one attached hydrogen (secondary N) is 1. The van der Waals surface area contributed by atoms with Crippen LogP contribution in [0.2, 0.25) is 0 Å². The van der Waals surface area contributed by atoms with Crippen molar-refractivity contribution in [3.63, 3.8) is 0 Å². The summed E-state index contributed by atoms with van der Waals surface area (Å²) < 4.78 is 15.9. The zero-order valence-electron chi connectivity index (χ0n) is 18.8. The Labute approximate surface area is 182 Å². The second-order valence-electron chi connectivity index (χ2n) is 7.71. The molecule has 9 heteroatoms. The molecule has 31 heavy (non-hydrogen) atoms. The summed E-state index contributed by atoms with van der Waals surface area (Å²) in [6, 6.07) is 5.85. The monoisotopic (exact) mass is 435 g/mol. The van der Waals surface area contributed by atoms with Crippen LogP contribution in [-0.4, -0.2) is 63.4 Å². The summed E-state index contributed by atoms with van der Waals surface area (Å²) in [7, 11) is 3.10. The number of benzene rings is 1. The molecular formula is C22H31N2O7+. The van der Waals surface area contributed by atoms with E-state index in [4.69, 9.17) is 23.9 Å². The van der Waals surface area contributed by atoms with E-state index in [2.05, 4.69) is 0 Å². The van der Waals surface area contributed by atoms with Gasteiger partial charge in [-0.25, -0.2) is 9.59 Å². The Bertz CT molecular complexity index is 859. The van der Waals surface area contributed by atoms with E-state index < -0.39 is 11.7 Å². The number of methoxy groups -OCH3 is 1. The fourth-order valence-electron chi connectivity index (χ4n) is 4.23. The first kappa shape index (κ1) is 23.4. The van der Waals surface area contributed by atoms with Crippen LogP contribution in [0.25, 0.3) is 5.57 Å². The Morgan fingerprint density at radius 3 is 2.52 bits per heavy atom. The van der Waals surface area contributed by atoms with Crippen molar-refractivity contribution in [3.05, 3.63) is 40.6 Å². The molecular weight excluding hydrogens is 404 g/mol. The van der Waals surface area contributed by atoms with E-state index >= 15 is 0 Å². The maximum absolute atomic E-state index is 13.7. The van der Waals surface area contributed by atoms with Crippen LogP contribution in [0.15, 0.2) is 24.0 Å². The molecule has 0 saturated carbocycles. The van der Waals surface area contributed by atoms with Gasteiger partial charge in [-0.1, -0.05) is 23.8 Å². The summed E-state index contributed by atoms with van der Waals surface area (Å²) in [4.78, 5) is 37.3. The highest BCUT2D eigenvalue weighted by Crippen LogP contribution is 2.39. The number of carbonyl (C=O) groups excluding carboxylic acids is 2. The molecule has 1 aromatic rings. The van der Waals surface area contributed by atoms with Gasteiger partial charge >= 0.3 is 12.1 Å². The van der Waals surface area contributed by atoms with E-state index in [0.717, 1.165) is 11.1 Å². The first-order valence-electron chi connectivity index (χ1n) is 10.4. The number of ether oxygens (including phenoxy) is 3. The number of aryl methyl sites for hydroxylation is 2. The highest BCUT2D eigenvalue weighted by Gasteiger charge is 2.62. The van der Waals surface area contributed by atoms with E-state index in [1.54, 1.807) is 14.0 Å². The number of rotatable bonds is 7. The summed E-state index contributed by atoms with van der Waals surface area (Å²) in [6.45, 7) is 6.74. The SMILES string of the molecule is CCOC(=O)OC1=C(c2cc(C)ccc2C)C(=O)[NH+](OCOC)C12CCN(OC)CC2. The first-order chi connectivity index (χ1) is 14.9. The molecule has 0 bridgehead atoms. The number of hydrogen-bond donors (Lipinski definition) is 1. The van der Waals surface area contributed by atoms with Gasteiger partial charge in [0.1, 0.15) is 5.57 Å². The summed E-state index contributed by atoms with van der Waals surface area (Å²) >= 11 is 0. The van der Waals surface area contributed by atoms with Crippen molar-refractivity contribution < 1.29 is 38.5 Å². The van der Waals surface area contributed by atoms with Gasteiger partial charge in [0.05, 0.1) is 13.7 Å². The molecule has 1 atom stereocenters. The molecule has 2 aliphatic rings. The Hall–Kier alpha value is -2.30. The van der Waals surface area contributed by atoms with Crippen molar-refractivity contribution in [2.45, 2.75) is 39.2 Å². The molecule has 1 N–H and O–H groups in total. The standard InChI is InChI=1S/C22H30N2O7/c1-6-29-21(26)31-19-18(17-13-15(2)7-8-16(17)3)20(25)24(30-14-27-4)22(19)9-11-23(28-5)12-10-22/h7-8,13H,6,9-12,14H2,1-5H3/p+1. The van der Waals surface area contributed by atoms with Crippen LogP contribution >= 0.6 is 0 Å². The third-order valence-electron chi connectivity index (χ3n) is 5.79. The third kappa shape index (κ3) is 4.51. The van der Waals surface area contributed by atoms with Crippen LogP contribution in [0.4, 0.5) is 4.79 Å². The maximum Gasteiger partial charge on any atom is 0.513 e. The smallest absolute Gasteiger partial charge is 0.434 e. The van der Waals surface area contributed by atoms with Gasteiger partial charge in [0.25, 0.3) is 0 Å². The molecule has 0 aliphatic carbocycles. The molecule has 1 aromatic carbocycles. The van der Waals surface area contributed by atoms with E-state index in [1.165, 1.54) is 7.11 Å². The summed E-state index contributed by atoms with van der Waals surface area (Å²) in [5.41, 5.74) is 2.05. The Balaban J connectivity index is 2.17. The van der Waals surface area contributed by atoms with Gasteiger partial charge in [-0.2, -0.15) is 9.90 Å². The van der Waals surface area contributed by atoms with Crippen LogP contribution < -0.4 is 5.06 Å². The van der Waals surface area contributed by atoms with Gasteiger partial charge in [-0.3, -0.25) is 0 Å². The molecule has 170 valence electrons. The number of hydrogen-bond acceptors (Lipinski definition) is 8. The lowest BCUT2D eigenvalue weighted by atomic mass is 9.85. The van der Waals surface area contributed by atoms with Crippen molar-refractivity contribution in [2.75, 3.05) is 40.7 Å². The Morgan fingerprint density at radius 2 is 1.90 bits per heavy atom. The molecule has 9 nitrogen and oxygen atoms in total. The molecule has 0 aromatic heterocycles. The van der Waals surface area contributed by atoms with Gasteiger partial charge in [-0.05, 0) is 31.9 Å². The molecule has 1 amide bonds. The third-order valence-corrected chi connectivity index (χ3v) is 5.79. The van der Waals surface area contributed by atoms with Gasteiger partial charge in [0.2, 0.25) is 6.79 Å². The zero-order valence-corrected chi connectivity index (χ0v) is 18.8. The topological polar surface area (TPSA) is 88.0 Å². The van der Waals surface area contributed by atoms with Crippen molar-refractivity contribution in [2.24, 2.45) is 0 Å². The minimum atomic E-state index is -0.900. The number of nitrogens with zero attached hydrogens (tertiary/aromatic N) is 1. The number of carbonyl (C=O) groups is 2. The quantitative estimate of drug-likeness (QED) is 0.510. The lowest BCUT2D eigenvalue weighted by molar-refractivity contribution is -1.06. The predicted molar refractivity (Wildman–Crippen MR) is 110 cm³/mol. The van der Waals surface area contributed by atoms with Crippen LogP contribution in [0.5, 0.6) is 0 Å². The Kier molecular flexibility index (Phi) is 7.45. The van der Waals surface area contributed by atoms with Crippen LogP contribution in [-0.2, 0) is 28.7 Å². The molecule has 3 rings (SSSR count). The second kappa shape index (κ2) is 9.88. The normalized spacial score (nSPS) is 21.1. The molecule has 2 heterocycles. The van der Waals surface area contributed by atoms with Gasteiger partial charge in [0, 0.05) is 33.0 Å². The van der Waals surface area contributed by atoms with Crippen LogP contribution in [0.3, 0.4) is 0 Å². The second-order valence-corrected chi connectivity index (χ2v) is 7.71. The number of amides is 1. The molecule has 0 radical (unpaired) electrons. The molecule has 1 spiro atoms. The van der Waals surface area contributed by atoms with Gasteiger partial charge in [-0.15, -0.1) is 5.06 Å². The van der Waals surface area contributed by atoms with E-state index in [1.807, 2.05) is 37.1 Å². The maximum atomic E-state index is 13.7. The molecule has 1 saturated heterocycles. The first-order valence-corrected chi connectivity index (χ1v) is 10.4. The molecule has 1 fully saturated rings. The fourth-order valence-corrected chi connectivity index (χ4v) is 4.23. The number of hydroxylamine groups is 4. The van der Waals surface area contributed by atoms with Crippen LogP contribution in [0, 0.1) is 13.8 Å². The predicted octanol–water partition coefficient (Wildman–Crippen LogP) is 1.54. The average Bonchev–Trinajstić information content (AvgIpc) is 2.96. The van der Waals surface area contributed by atoms with E-state index in [9.17, 15) is 9.59 Å². The molecule has 1 unspecified atom stereocenters. The zero-order chi connectivity index (χ0) is 22.6. The summed E-state index contributed by atoms with van der Waals surface area (Å²) in [5.74, 6) is -0.0116. The minimum Gasteiger partial charge on any atom is -0.434 e. The summed E-state index contributed by atoms with van der Waals surface area (Å²) in [5, 5.41) is 2.04. The highest BCUT2D eigenvalue weighted by molar-refractivity contribution is 6.18. The van der Waals surface area contributed by atoms with E-state index in [-0.39, 0.29) is 30.1 Å². The van der Waals surface area contributed by atoms with Crippen molar-refractivity contribution in [3.8, 4) is 0 Å². The largest absolute Gasteiger partial charge is 0.513 e. The number of quaternary nitrogens is 1. The highest BCUT2D eigenvalue weighted by atomic mass is 16.8. The van der Waals surface area contributed by atoms with Crippen molar-refractivity contribution in [1.29, 1.82) is 0 Å². The minimum absolute atomic E-state index is 0.0798. The van der Waals surface area contributed by atoms with E-state index in [0.29, 0.717) is 37.1 Å². The molecule has 2 aliphatic heterocycles. The lowest BCUT2D eigenvalue weighted by Crippen LogP contribution is -3.20. The van der Waals surface area contributed by atoms with Crippen molar-refractivity contribution in [1.82, 2.24) is 5.06 Å². The average molecular weight is 435 g/mol. The fraction of sp³-hybridized carbons (Fsp3) is 0.545. The van der Waals surface area contributed by atoms with Crippen molar-refractivity contribution >= 4 is 17.6 Å². The lowest BCUT2D eigenvalue weighted by Gasteiger charge is -2.38. The summed E-state index contributed by atoms with van der Waals surface area (Å²) in [6.07, 6.45) is 0.123. The van der Waals surface area contributed by atoms with Gasteiger partial charge in [0.15, 0.2) is 11.3 Å². The van der Waals surface area contributed by atoms with Crippen LogP contribution in [0.1, 0.15) is 36.5 Å². The van der Waals surface area contributed by atoms with Gasteiger partial charge < -0.3 is 19.0 Å². The Morgan fingerprint density at radius 1 is 1.19 bits per heavy atom. The number of piperidine rings is 1.